The molecule has 0 unspecified atom stereocenters. The number of aromatic nitrogens is 1. The van der Waals surface area contributed by atoms with Crippen LogP contribution < -0.4 is 31.6 Å². The average Bonchev–Trinajstić information content (AvgIpc) is 3.36. The minimum atomic E-state index is -0.209. The van der Waals surface area contributed by atoms with Crippen molar-refractivity contribution in [2.24, 2.45) is 0 Å². The highest BCUT2D eigenvalue weighted by molar-refractivity contribution is 7.09. The van der Waals surface area contributed by atoms with Gasteiger partial charge in [-0.1, -0.05) is 113 Å². The molecule has 0 bridgehead atoms. The number of anilines is 1. The first-order chi connectivity index (χ1) is 19.5. The van der Waals surface area contributed by atoms with E-state index in [4.69, 9.17) is 4.74 Å². The van der Waals surface area contributed by atoms with Gasteiger partial charge in [0, 0.05) is 11.1 Å². The fraction of sp³-hybridized carbons (Fsp3) is 0.500. The van der Waals surface area contributed by atoms with Gasteiger partial charge in [-0.25, -0.2) is 0 Å². The Balaban J connectivity index is 0.00000588. The SMILES string of the molecule is CCCCCCCCCCCCCCOc1c(NC(=O)c2ccccc2C[n+]2csc(C)c2)cccc1C(C)=O.[Br-]. The number of ether oxygens (including phenoxy) is 1. The van der Waals surface area contributed by atoms with E-state index in [1.807, 2.05) is 30.3 Å². The van der Waals surface area contributed by atoms with E-state index in [2.05, 4.69) is 35.4 Å². The Morgan fingerprint density at radius 3 is 2.05 bits per heavy atom. The Bertz CT molecular complexity index is 1210. The Morgan fingerprint density at radius 1 is 0.829 bits per heavy atom. The zero-order chi connectivity index (χ0) is 28.6. The van der Waals surface area contributed by atoms with Gasteiger partial charge in [-0.15, -0.1) is 0 Å². The molecule has 2 aromatic carbocycles. The lowest BCUT2D eigenvalue weighted by Crippen LogP contribution is -3.00. The Kier molecular flexibility index (Phi) is 16.6. The predicted octanol–water partition coefficient (Wildman–Crippen LogP) is 5.93. The van der Waals surface area contributed by atoms with Crippen molar-refractivity contribution in [3.8, 4) is 5.75 Å². The van der Waals surface area contributed by atoms with E-state index in [1.54, 1.807) is 23.5 Å². The number of unbranched alkanes of at least 4 members (excludes halogenated alkanes) is 11. The molecule has 0 aliphatic carbocycles. The topological polar surface area (TPSA) is 59.3 Å². The van der Waals surface area contributed by atoms with E-state index in [0.29, 0.717) is 35.7 Å². The molecule has 5 nitrogen and oxygen atoms in total. The number of para-hydroxylation sites is 1. The first-order valence-corrected chi connectivity index (χ1v) is 16.0. The molecule has 1 aromatic heterocycles. The number of carbonyl (C=O) groups is 2. The molecule has 41 heavy (non-hydrogen) atoms. The first-order valence-electron chi connectivity index (χ1n) is 15.1. The van der Waals surface area contributed by atoms with Crippen LogP contribution in [0.2, 0.25) is 0 Å². The molecule has 0 atom stereocenters. The number of hydrogen-bond acceptors (Lipinski definition) is 4. The van der Waals surface area contributed by atoms with Gasteiger partial charge in [0.1, 0.15) is 0 Å². The van der Waals surface area contributed by atoms with Crippen LogP contribution in [0.25, 0.3) is 0 Å². The maximum absolute atomic E-state index is 13.4. The molecule has 0 fully saturated rings. The van der Waals surface area contributed by atoms with Gasteiger partial charge in [0.15, 0.2) is 24.3 Å². The summed E-state index contributed by atoms with van der Waals surface area (Å²) in [5, 5.41) is 3.03. The molecule has 0 aliphatic heterocycles. The normalized spacial score (nSPS) is 10.7. The van der Waals surface area contributed by atoms with Crippen molar-refractivity contribution >= 4 is 28.7 Å². The van der Waals surface area contributed by atoms with Gasteiger partial charge in [0.05, 0.1) is 22.7 Å². The van der Waals surface area contributed by atoms with Crippen LogP contribution in [0.3, 0.4) is 0 Å². The summed E-state index contributed by atoms with van der Waals surface area (Å²) in [7, 11) is 0. The number of nitrogens with zero attached hydrogens (tertiary/aromatic N) is 1. The maximum Gasteiger partial charge on any atom is 0.256 e. The number of halogens is 1. The fourth-order valence-electron chi connectivity index (χ4n) is 4.98. The van der Waals surface area contributed by atoms with Crippen molar-refractivity contribution in [1.29, 1.82) is 0 Å². The molecule has 1 heterocycles. The fourth-order valence-corrected chi connectivity index (χ4v) is 5.61. The summed E-state index contributed by atoms with van der Waals surface area (Å²) in [6.45, 7) is 7.01. The zero-order valence-corrected chi connectivity index (χ0v) is 27.5. The summed E-state index contributed by atoms with van der Waals surface area (Å²) in [5.41, 5.74) is 4.63. The van der Waals surface area contributed by atoms with Crippen molar-refractivity contribution in [2.75, 3.05) is 11.9 Å². The summed E-state index contributed by atoms with van der Waals surface area (Å²) < 4.78 is 8.24. The molecule has 3 rings (SSSR count). The van der Waals surface area contributed by atoms with Crippen LogP contribution >= 0.6 is 11.3 Å². The highest BCUT2D eigenvalue weighted by atomic mass is 79.9. The van der Waals surface area contributed by atoms with Crippen LogP contribution in [0.5, 0.6) is 5.75 Å². The van der Waals surface area contributed by atoms with Crippen LogP contribution in [-0.2, 0) is 6.54 Å². The number of hydrogen-bond donors (Lipinski definition) is 1. The van der Waals surface area contributed by atoms with Gasteiger partial charge in [-0.3, -0.25) is 9.59 Å². The van der Waals surface area contributed by atoms with Crippen LogP contribution in [0.15, 0.2) is 54.2 Å². The monoisotopic (exact) mass is 642 g/mol. The molecule has 0 saturated heterocycles. The maximum atomic E-state index is 13.4. The molecule has 0 saturated carbocycles. The number of ketones is 1. The third-order valence-corrected chi connectivity index (χ3v) is 8.08. The lowest BCUT2D eigenvalue weighted by atomic mass is 10.1. The predicted molar refractivity (Wildman–Crippen MR) is 166 cm³/mol. The number of Topliss-reactive ketones (excluding diaryl/α,β-unsaturated/α-hetero) is 1. The summed E-state index contributed by atoms with van der Waals surface area (Å²) in [5.74, 6) is 0.177. The largest absolute Gasteiger partial charge is 1.00 e. The molecule has 7 heteroatoms. The molecule has 0 spiro atoms. The smallest absolute Gasteiger partial charge is 0.256 e. The highest BCUT2D eigenvalue weighted by Gasteiger charge is 2.19. The third-order valence-electron chi connectivity index (χ3n) is 7.22. The minimum Gasteiger partial charge on any atom is -1.00 e. The van der Waals surface area contributed by atoms with E-state index in [-0.39, 0.29) is 28.7 Å². The molecule has 0 radical (unpaired) electrons. The van der Waals surface area contributed by atoms with Gasteiger partial charge in [-0.2, -0.15) is 4.57 Å². The molecule has 1 N–H and O–H groups in total. The summed E-state index contributed by atoms with van der Waals surface area (Å²) >= 11 is 1.68. The van der Waals surface area contributed by atoms with Crippen LogP contribution in [0.4, 0.5) is 5.69 Å². The Hall–Kier alpha value is -2.51. The standard InChI is InChI=1S/C34H46N2O3S.BrH/c1-4-5-6-7-8-9-10-11-12-13-14-17-23-39-33-30(28(3)37)21-18-22-32(33)35-34(38)31-20-16-15-19-29(31)25-36-24-27(2)40-26-36;/h15-16,18-22,24,26H,4-14,17,23,25H2,1-3H3;1H. The number of rotatable bonds is 19. The van der Waals surface area contributed by atoms with Gasteiger partial charge < -0.3 is 27.0 Å². The summed E-state index contributed by atoms with van der Waals surface area (Å²) in [6, 6.07) is 13.0. The summed E-state index contributed by atoms with van der Waals surface area (Å²) in [6.07, 6.45) is 17.4. The lowest BCUT2D eigenvalue weighted by Gasteiger charge is -2.16. The van der Waals surface area contributed by atoms with Crippen LogP contribution in [-0.4, -0.2) is 18.3 Å². The highest BCUT2D eigenvalue weighted by Crippen LogP contribution is 2.30. The second-order valence-corrected chi connectivity index (χ2v) is 11.8. The Morgan fingerprint density at radius 2 is 1.44 bits per heavy atom. The quantitative estimate of drug-likeness (QED) is 0.100. The van der Waals surface area contributed by atoms with E-state index in [0.717, 1.165) is 18.4 Å². The number of carbonyl (C=O) groups excluding carboxylic acids is 2. The minimum absolute atomic E-state index is 0. The van der Waals surface area contributed by atoms with E-state index < -0.39 is 0 Å². The summed E-state index contributed by atoms with van der Waals surface area (Å²) in [4.78, 5) is 27.0. The van der Waals surface area contributed by atoms with Gasteiger partial charge in [-0.05, 0) is 38.5 Å². The van der Waals surface area contributed by atoms with Crippen LogP contribution in [0.1, 0.15) is 122 Å². The molecular formula is C34H47BrN2O3S. The van der Waals surface area contributed by atoms with Crippen molar-refractivity contribution in [2.45, 2.75) is 104 Å². The second kappa shape index (κ2) is 19.6. The number of nitrogens with one attached hydrogen (secondary N) is 1. The number of benzene rings is 2. The average molecular weight is 644 g/mol. The molecule has 3 aromatic rings. The molecule has 0 aliphatic rings. The van der Waals surface area contributed by atoms with E-state index in [9.17, 15) is 9.59 Å². The van der Waals surface area contributed by atoms with Gasteiger partial charge >= 0.3 is 0 Å². The van der Waals surface area contributed by atoms with Crippen molar-refractivity contribution in [3.63, 3.8) is 0 Å². The molecule has 1 amide bonds. The van der Waals surface area contributed by atoms with Crippen molar-refractivity contribution < 1.29 is 35.9 Å². The zero-order valence-electron chi connectivity index (χ0n) is 25.1. The molecular weight excluding hydrogens is 596 g/mol. The van der Waals surface area contributed by atoms with Crippen molar-refractivity contribution in [3.05, 3.63) is 75.7 Å². The lowest BCUT2D eigenvalue weighted by molar-refractivity contribution is -0.683. The van der Waals surface area contributed by atoms with E-state index >= 15 is 0 Å². The van der Waals surface area contributed by atoms with Crippen molar-refractivity contribution in [1.82, 2.24) is 0 Å². The second-order valence-electron chi connectivity index (χ2n) is 10.7. The Labute approximate surface area is 261 Å². The number of aryl methyl sites for hydroxylation is 1. The molecule has 224 valence electrons. The third kappa shape index (κ3) is 12.1. The van der Waals surface area contributed by atoms with E-state index in [1.165, 1.54) is 76.0 Å². The first kappa shape index (κ1) is 34.7. The number of amides is 1. The van der Waals surface area contributed by atoms with Gasteiger partial charge in [0.2, 0.25) is 5.51 Å². The van der Waals surface area contributed by atoms with Crippen LogP contribution in [0, 0.1) is 6.92 Å². The van der Waals surface area contributed by atoms with Gasteiger partial charge in [0.25, 0.3) is 5.91 Å². The number of thiazole rings is 1.